The van der Waals surface area contributed by atoms with Crippen molar-refractivity contribution >= 4 is 11.3 Å². The lowest BCUT2D eigenvalue weighted by molar-refractivity contribution is 0.0685. The summed E-state index contributed by atoms with van der Waals surface area (Å²) in [4.78, 5) is 11.2. The maximum atomic E-state index is 10.5. The highest BCUT2D eigenvalue weighted by Gasteiger charge is 2.17. The van der Waals surface area contributed by atoms with Gasteiger partial charge in [0.15, 0.2) is 11.5 Å². The lowest BCUT2D eigenvalue weighted by Crippen LogP contribution is -2.37. The van der Waals surface area contributed by atoms with E-state index in [9.17, 15) is 5.11 Å². The second-order valence-corrected chi connectivity index (χ2v) is 8.98. The number of aliphatic hydroxyl groups excluding tert-OH is 1. The minimum atomic E-state index is -0.533. The first kappa shape index (κ1) is 23.0. The lowest BCUT2D eigenvalue weighted by Gasteiger charge is -2.24. The first-order valence-corrected chi connectivity index (χ1v) is 11.4. The van der Waals surface area contributed by atoms with E-state index in [2.05, 4.69) is 33.8 Å². The number of methoxy groups -OCH3 is 1. The van der Waals surface area contributed by atoms with E-state index in [1.165, 1.54) is 0 Å². The van der Waals surface area contributed by atoms with Gasteiger partial charge in [0.1, 0.15) is 17.7 Å². The Labute approximate surface area is 183 Å². The zero-order valence-corrected chi connectivity index (χ0v) is 19.1. The molecule has 3 rings (SSSR count). The number of β-amino-alcohol motifs (C(OH)–C–C–N with tert-alkyl or cyclic N) is 1. The van der Waals surface area contributed by atoms with Gasteiger partial charge in [-0.3, -0.25) is 9.80 Å². The molecule has 0 amide bonds. The molecule has 30 heavy (non-hydrogen) atoms. The maximum Gasteiger partial charge on any atom is 0.161 e. The van der Waals surface area contributed by atoms with Gasteiger partial charge in [0.25, 0.3) is 0 Å². The number of ether oxygens (including phenoxy) is 2. The molecular formula is C22H34N4O3S. The minimum Gasteiger partial charge on any atom is -0.493 e. The summed E-state index contributed by atoms with van der Waals surface area (Å²) in [6.45, 7) is 6.63. The van der Waals surface area contributed by atoms with E-state index in [0.717, 1.165) is 56.3 Å². The van der Waals surface area contributed by atoms with Crippen LogP contribution in [-0.2, 0) is 13.1 Å². The van der Waals surface area contributed by atoms with Crippen molar-refractivity contribution in [1.29, 1.82) is 0 Å². The fourth-order valence-electron chi connectivity index (χ4n) is 3.68. The van der Waals surface area contributed by atoms with Crippen LogP contribution < -0.4 is 9.47 Å². The van der Waals surface area contributed by atoms with Gasteiger partial charge in [-0.05, 0) is 51.3 Å². The van der Waals surface area contributed by atoms with E-state index in [1.807, 2.05) is 29.8 Å². The van der Waals surface area contributed by atoms with Crippen molar-refractivity contribution < 1.29 is 14.6 Å². The summed E-state index contributed by atoms with van der Waals surface area (Å²) in [5.41, 5.74) is 1.13. The van der Waals surface area contributed by atoms with Crippen molar-refractivity contribution in [2.75, 3.05) is 60.5 Å². The number of aromatic nitrogens is 1. The number of rotatable bonds is 10. The fourth-order valence-corrected chi connectivity index (χ4v) is 4.38. The van der Waals surface area contributed by atoms with Crippen molar-refractivity contribution in [1.82, 2.24) is 19.7 Å². The van der Waals surface area contributed by atoms with Gasteiger partial charge in [-0.1, -0.05) is 6.07 Å². The number of likely N-dealkylation sites (N-methyl/N-ethyl adjacent to an activating group) is 1. The number of benzene rings is 1. The molecule has 2 heterocycles. The van der Waals surface area contributed by atoms with Gasteiger partial charge in [-0.2, -0.15) is 0 Å². The minimum absolute atomic E-state index is 0.251. The summed E-state index contributed by atoms with van der Waals surface area (Å²) >= 11 is 1.67. The normalized spacial score (nSPS) is 17.1. The maximum absolute atomic E-state index is 10.5. The number of nitrogens with zero attached hydrogens (tertiary/aromatic N) is 4. The second kappa shape index (κ2) is 11.6. The van der Waals surface area contributed by atoms with Crippen molar-refractivity contribution in [3.05, 3.63) is 40.3 Å². The third-order valence-corrected chi connectivity index (χ3v) is 6.05. The molecule has 7 nitrogen and oxygen atoms in total. The highest BCUT2D eigenvalue weighted by Crippen LogP contribution is 2.29. The largest absolute Gasteiger partial charge is 0.493 e. The zero-order chi connectivity index (χ0) is 21.3. The number of aliphatic hydroxyl groups is 1. The molecule has 1 aliphatic rings. The summed E-state index contributed by atoms with van der Waals surface area (Å²) in [5.74, 6) is 1.36. The van der Waals surface area contributed by atoms with Crippen LogP contribution in [0.4, 0.5) is 0 Å². The Morgan fingerprint density at radius 3 is 2.83 bits per heavy atom. The quantitative estimate of drug-likeness (QED) is 0.615. The molecule has 8 heteroatoms. The Morgan fingerprint density at radius 1 is 1.20 bits per heavy atom. The molecule has 166 valence electrons. The van der Waals surface area contributed by atoms with E-state index in [4.69, 9.17) is 9.47 Å². The Bertz CT molecular complexity index is 759. The molecule has 1 atom stereocenters. The van der Waals surface area contributed by atoms with Gasteiger partial charge >= 0.3 is 0 Å². The van der Waals surface area contributed by atoms with Crippen LogP contribution in [0.1, 0.15) is 17.0 Å². The molecule has 1 saturated heterocycles. The third-order valence-electron chi connectivity index (χ3n) is 5.28. The van der Waals surface area contributed by atoms with Crippen LogP contribution >= 0.6 is 11.3 Å². The summed E-state index contributed by atoms with van der Waals surface area (Å²) in [5, 5.41) is 13.6. The number of thiazole rings is 1. The highest BCUT2D eigenvalue weighted by atomic mass is 32.1. The average Bonchev–Trinajstić information content (AvgIpc) is 3.14. The van der Waals surface area contributed by atoms with Gasteiger partial charge in [-0.15, -0.1) is 11.3 Å². The molecule has 0 aliphatic carbocycles. The average molecular weight is 435 g/mol. The second-order valence-electron chi connectivity index (χ2n) is 8.01. The van der Waals surface area contributed by atoms with Gasteiger partial charge < -0.3 is 19.5 Å². The van der Waals surface area contributed by atoms with Crippen LogP contribution in [0.5, 0.6) is 11.5 Å². The molecule has 1 aromatic carbocycles. The Morgan fingerprint density at radius 2 is 2.07 bits per heavy atom. The van der Waals surface area contributed by atoms with Crippen molar-refractivity contribution in [3.63, 3.8) is 0 Å². The van der Waals surface area contributed by atoms with Gasteiger partial charge in [-0.25, -0.2) is 4.98 Å². The standard InChI is InChI=1S/C22H34N4O3S/c1-24-8-4-9-26(11-10-24)15-19(27)17-29-21-13-18(5-6-20(21)28-3)14-25(2)16-22-23-7-12-30-22/h5-7,12-13,19,27H,4,8-11,14-17H2,1-3H3. The fraction of sp³-hybridized carbons (Fsp3) is 0.591. The topological polar surface area (TPSA) is 61.3 Å². The number of hydrogen-bond donors (Lipinski definition) is 1. The molecule has 1 unspecified atom stereocenters. The Balaban J connectivity index is 1.53. The van der Waals surface area contributed by atoms with Crippen molar-refractivity contribution in [2.24, 2.45) is 0 Å². The van der Waals surface area contributed by atoms with Crippen LogP contribution in [0.2, 0.25) is 0 Å². The number of hydrogen-bond acceptors (Lipinski definition) is 8. The summed E-state index contributed by atoms with van der Waals surface area (Å²) < 4.78 is 11.4. The Hall–Kier alpha value is -1.71. The van der Waals surface area contributed by atoms with Gasteiger partial charge in [0.05, 0.1) is 13.7 Å². The van der Waals surface area contributed by atoms with E-state index >= 15 is 0 Å². The monoisotopic (exact) mass is 434 g/mol. The summed E-state index contributed by atoms with van der Waals surface area (Å²) in [6.07, 6.45) is 2.44. The molecule has 1 aliphatic heterocycles. The van der Waals surface area contributed by atoms with Gasteiger partial charge in [0.2, 0.25) is 0 Å². The molecule has 0 spiro atoms. The van der Waals surface area contributed by atoms with Crippen LogP contribution in [0.15, 0.2) is 29.8 Å². The molecule has 1 fully saturated rings. The molecule has 0 saturated carbocycles. The van der Waals surface area contributed by atoms with Crippen LogP contribution in [-0.4, -0.2) is 91.4 Å². The smallest absolute Gasteiger partial charge is 0.161 e. The van der Waals surface area contributed by atoms with E-state index in [1.54, 1.807) is 18.4 Å². The molecule has 0 radical (unpaired) electrons. The van der Waals surface area contributed by atoms with Crippen LogP contribution in [0.25, 0.3) is 0 Å². The predicted molar refractivity (Wildman–Crippen MR) is 120 cm³/mol. The van der Waals surface area contributed by atoms with Crippen LogP contribution in [0, 0.1) is 0 Å². The molecule has 1 N–H and O–H groups in total. The van der Waals surface area contributed by atoms with Crippen LogP contribution in [0.3, 0.4) is 0 Å². The highest BCUT2D eigenvalue weighted by molar-refractivity contribution is 7.09. The molecule has 2 aromatic rings. The van der Waals surface area contributed by atoms with Crippen molar-refractivity contribution in [3.8, 4) is 11.5 Å². The van der Waals surface area contributed by atoms with E-state index in [-0.39, 0.29) is 6.61 Å². The SMILES string of the molecule is COc1ccc(CN(C)Cc2nccs2)cc1OCC(O)CN1CCCN(C)CC1. The molecular weight excluding hydrogens is 400 g/mol. The van der Waals surface area contributed by atoms with E-state index < -0.39 is 6.10 Å². The summed E-state index contributed by atoms with van der Waals surface area (Å²) in [6, 6.07) is 5.98. The predicted octanol–water partition coefficient (Wildman–Crippen LogP) is 2.16. The zero-order valence-electron chi connectivity index (χ0n) is 18.3. The first-order chi connectivity index (χ1) is 14.5. The lowest BCUT2D eigenvalue weighted by atomic mass is 10.2. The molecule has 1 aromatic heterocycles. The molecule has 0 bridgehead atoms. The van der Waals surface area contributed by atoms with E-state index in [0.29, 0.717) is 18.0 Å². The third kappa shape index (κ3) is 7.21. The summed E-state index contributed by atoms with van der Waals surface area (Å²) in [7, 11) is 5.87. The van der Waals surface area contributed by atoms with Crippen molar-refractivity contribution in [2.45, 2.75) is 25.6 Å². The van der Waals surface area contributed by atoms with Gasteiger partial charge in [0, 0.05) is 37.8 Å². The Kier molecular flexibility index (Phi) is 8.89. The first-order valence-electron chi connectivity index (χ1n) is 10.5.